The summed E-state index contributed by atoms with van der Waals surface area (Å²) >= 11 is 0. The maximum absolute atomic E-state index is 13.1. The van der Waals surface area contributed by atoms with Crippen LogP contribution in [0.5, 0.6) is 0 Å². The summed E-state index contributed by atoms with van der Waals surface area (Å²) in [6.45, 7) is 6.81. The second-order valence-electron chi connectivity index (χ2n) is 10.5. The molecular weight excluding hydrogens is 477 g/mol. The molecule has 0 unspecified atom stereocenters. The number of carbonyl (C=O) groups excluding carboxylic acids is 2. The quantitative estimate of drug-likeness (QED) is 0.464. The number of aryl methyl sites for hydroxylation is 1. The second kappa shape index (κ2) is 11.3. The third kappa shape index (κ3) is 6.65. The summed E-state index contributed by atoms with van der Waals surface area (Å²) in [6.07, 6.45) is 3.14. The molecule has 2 aromatic carbocycles. The number of aliphatic hydroxyl groups is 1. The van der Waals surface area contributed by atoms with Gasteiger partial charge in [0.25, 0.3) is 5.91 Å². The van der Waals surface area contributed by atoms with Gasteiger partial charge in [-0.15, -0.1) is 0 Å². The number of nitrogens with one attached hydrogen (secondary N) is 1. The molecule has 1 saturated heterocycles. The molecule has 37 heavy (non-hydrogen) atoms. The minimum Gasteiger partial charge on any atom is -0.444 e. The van der Waals surface area contributed by atoms with Crippen molar-refractivity contribution in [2.24, 2.45) is 5.92 Å². The molecule has 198 valence electrons. The van der Waals surface area contributed by atoms with Crippen LogP contribution in [0, 0.1) is 11.7 Å². The highest BCUT2D eigenvalue weighted by atomic mass is 19.1. The molecule has 2 N–H and O–H groups in total. The number of piperidine rings is 1. The van der Waals surface area contributed by atoms with Gasteiger partial charge in [0.05, 0.1) is 12.3 Å². The molecule has 1 fully saturated rings. The molecule has 1 aromatic heterocycles. The van der Waals surface area contributed by atoms with Gasteiger partial charge in [-0.2, -0.15) is 0 Å². The van der Waals surface area contributed by atoms with E-state index in [1.807, 2.05) is 20.8 Å². The van der Waals surface area contributed by atoms with Gasteiger partial charge in [-0.3, -0.25) is 4.79 Å². The molecular formula is C28H34FN3O5. The zero-order valence-electron chi connectivity index (χ0n) is 21.6. The first-order chi connectivity index (χ1) is 17.6. The zero-order chi connectivity index (χ0) is 26.6. The summed E-state index contributed by atoms with van der Waals surface area (Å²) in [6, 6.07) is 9.37. The average Bonchev–Trinajstić information content (AvgIpc) is 3.28. The van der Waals surface area contributed by atoms with Crippen LogP contribution < -0.4 is 5.32 Å². The first-order valence-electron chi connectivity index (χ1n) is 12.7. The maximum atomic E-state index is 13.1. The number of benzene rings is 2. The number of aliphatic hydroxyl groups excluding tert-OH is 1. The standard InChI is InChI=1S/C28H34FN3O5/c1-28(2,3)36-27(35)32-14-12-18(13-15-32)6-11-24-22-10-9-21(23(17-33)25(22)37-31-24)26(34)30-16-19-4-7-20(29)8-5-19/h4-5,7-10,18,33H,6,11-17H2,1-3H3,(H,30,34). The van der Waals surface area contributed by atoms with E-state index in [-0.39, 0.29) is 31.0 Å². The number of halogens is 1. The van der Waals surface area contributed by atoms with Crippen LogP contribution in [0.3, 0.4) is 0 Å². The van der Waals surface area contributed by atoms with Gasteiger partial charge >= 0.3 is 6.09 Å². The zero-order valence-corrected chi connectivity index (χ0v) is 21.6. The molecule has 0 saturated carbocycles. The molecule has 0 atom stereocenters. The lowest BCUT2D eigenvalue weighted by molar-refractivity contribution is 0.0181. The highest BCUT2D eigenvalue weighted by Crippen LogP contribution is 2.29. The molecule has 3 aromatic rings. The van der Waals surface area contributed by atoms with Crippen molar-refractivity contribution >= 4 is 23.0 Å². The van der Waals surface area contributed by atoms with Crippen molar-refractivity contribution in [1.29, 1.82) is 0 Å². The van der Waals surface area contributed by atoms with E-state index < -0.39 is 5.60 Å². The Bertz CT molecular complexity index is 1240. The molecule has 1 aliphatic heterocycles. The van der Waals surface area contributed by atoms with Crippen LogP contribution in [0.4, 0.5) is 9.18 Å². The van der Waals surface area contributed by atoms with Gasteiger partial charge in [-0.05, 0) is 82.2 Å². The van der Waals surface area contributed by atoms with Gasteiger partial charge in [-0.25, -0.2) is 9.18 Å². The average molecular weight is 512 g/mol. The van der Waals surface area contributed by atoms with Crippen molar-refractivity contribution in [2.75, 3.05) is 13.1 Å². The fourth-order valence-corrected chi connectivity index (χ4v) is 4.61. The summed E-state index contributed by atoms with van der Waals surface area (Å²) < 4.78 is 24.1. The smallest absolute Gasteiger partial charge is 0.410 e. The molecule has 2 heterocycles. The predicted octanol–water partition coefficient (Wildman–Crippen LogP) is 4.97. The maximum Gasteiger partial charge on any atom is 0.410 e. The molecule has 0 bridgehead atoms. The predicted molar refractivity (Wildman–Crippen MR) is 136 cm³/mol. The lowest BCUT2D eigenvalue weighted by Crippen LogP contribution is -2.41. The SMILES string of the molecule is CC(C)(C)OC(=O)N1CCC(CCc2noc3c(CO)c(C(=O)NCc4ccc(F)cc4)ccc23)CC1. The molecule has 2 amide bonds. The van der Waals surface area contributed by atoms with Gasteiger partial charge in [-0.1, -0.05) is 17.3 Å². The Kier molecular flexibility index (Phi) is 8.12. The van der Waals surface area contributed by atoms with Gasteiger partial charge in [0.2, 0.25) is 0 Å². The third-order valence-corrected chi connectivity index (χ3v) is 6.64. The van der Waals surface area contributed by atoms with Crippen molar-refractivity contribution < 1.29 is 28.3 Å². The van der Waals surface area contributed by atoms with Gasteiger partial charge in [0.15, 0.2) is 5.58 Å². The molecule has 1 aliphatic rings. The van der Waals surface area contributed by atoms with E-state index >= 15 is 0 Å². The van der Waals surface area contributed by atoms with E-state index in [4.69, 9.17) is 9.26 Å². The number of aromatic nitrogens is 1. The number of fused-ring (bicyclic) bond motifs is 1. The van der Waals surface area contributed by atoms with Crippen molar-refractivity contribution in [1.82, 2.24) is 15.4 Å². The summed E-state index contributed by atoms with van der Waals surface area (Å²) in [5, 5.41) is 17.8. The number of amides is 2. The fourth-order valence-electron chi connectivity index (χ4n) is 4.61. The first kappa shape index (κ1) is 26.6. The summed E-state index contributed by atoms with van der Waals surface area (Å²) in [7, 11) is 0. The van der Waals surface area contributed by atoms with Crippen molar-refractivity contribution in [2.45, 2.75) is 65.2 Å². The molecule has 9 heteroatoms. The minimum absolute atomic E-state index is 0.233. The molecule has 0 aliphatic carbocycles. The molecule has 8 nitrogen and oxygen atoms in total. The van der Waals surface area contributed by atoms with E-state index in [0.717, 1.165) is 35.9 Å². The Morgan fingerprint density at radius 3 is 2.51 bits per heavy atom. The first-order valence-corrected chi connectivity index (χ1v) is 12.7. The van der Waals surface area contributed by atoms with Crippen molar-refractivity contribution in [3.63, 3.8) is 0 Å². The van der Waals surface area contributed by atoms with Crippen molar-refractivity contribution in [3.8, 4) is 0 Å². The molecule has 0 radical (unpaired) electrons. The normalized spacial score (nSPS) is 14.7. The number of nitrogens with zero attached hydrogens (tertiary/aromatic N) is 2. The van der Waals surface area contributed by atoms with Crippen LogP contribution in [-0.4, -0.2) is 45.9 Å². The van der Waals surface area contributed by atoms with Gasteiger partial charge < -0.3 is 24.6 Å². The lowest BCUT2D eigenvalue weighted by Gasteiger charge is -2.33. The van der Waals surface area contributed by atoms with Crippen LogP contribution in [0.25, 0.3) is 11.0 Å². The van der Waals surface area contributed by atoms with Crippen LogP contribution in [0.15, 0.2) is 40.9 Å². The number of carbonyl (C=O) groups is 2. The van der Waals surface area contributed by atoms with E-state index in [0.29, 0.717) is 42.1 Å². The highest BCUT2D eigenvalue weighted by molar-refractivity contribution is 6.00. The number of hydrogen-bond acceptors (Lipinski definition) is 6. The topological polar surface area (TPSA) is 105 Å². The Hall–Kier alpha value is -3.46. The number of likely N-dealkylation sites (tertiary alicyclic amines) is 1. The fraction of sp³-hybridized carbons (Fsp3) is 0.464. The van der Waals surface area contributed by atoms with Crippen molar-refractivity contribution in [3.05, 3.63) is 64.6 Å². The van der Waals surface area contributed by atoms with E-state index in [2.05, 4.69) is 10.5 Å². The number of rotatable bonds is 7. The Balaban J connectivity index is 1.36. The third-order valence-electron chi connectivity index (χ3n) is 6.64. The Labute approximate surface area is 215 Å². The van der Waals surface area contributed by atoms with Crippen LogP contribution >= 0.6 is 0 Å². The van der Waals surface area contributed by atoms with Crippen LogP contribution in [0.2, 0.25) is 0 Å². The minimum atomic E-state index is -0.501. The van der Waals surface area contributed by atoms with Gasteiger partial charge in [0.1, 0.15) is 11.4 Å². The van der Waals surface area contributed by atoms with Gasteiger partial charge in [0, 0.05) is 36.1 Å². The monoisotopic (exact) mass is 511 g/mol. The highest BCUT2D eigenvalue weighted by Gasteiger charge is 2.27. The van der Waals surface area contributed by atoms with E-state index in [1.54, 1.807) is 29.2 Å². The second-order valence-corrected chi connectivity index (χ2v) is 10.5. The molecule has 0 spiro atoms. The number of hydrogen-bond donors (Lipinski definition) is 2. The Morgan fingerprint density at radius 2 is 1.86 bits per heavy atom. The summed E-state index contributed by atoms with van der Waals surface area (Å²) in [5.41, 5.74) is 2.16. The van der Waals surface area contributed by atoms with Crippen LogP contribution in [-0.2, 0) is 24.3 Å². The number of ether oxygens (including phenoxy) is 1. The van der Waals surface area contributed by atoms with Crippen LogP contribution in [0.1, 0.15) is 67.2 Å². The summed E-state index contributed by atoms with van der Waals surface area (Å²) in [5.74, 6) is -0.236. The Morgan fingerprint density at radius 1 is 1.16 bits per heavy atom. The van der Waals surface area contributed by atoms with E-state index in [9.17, 15) is 19.1 Å². The summed E-state index contributed by atoms with van der Waals surface area (Å²) in [4.78, 5) is 26.9. The lowest BCUT2D eigenvalue weighted by atomic mass is 9.91. The largest absolute Gasteiger partial charge is 0.444 e. The molecule has 4 rings (SSSR count). The van der Waals surface area contributed by atoms with E-state index in [1.165, 1.54) is 12.1 Å².